The Morgan fingerprint density at radius 1 is 1.53 bits per heavy atom. The lowest BCUT2D eigenvalue weighted by atomic mass is 10.1. The fourth-order valence-electron chi connectivity index (χ4n) is 2.11. The molecule has 1 aromatic carbocycles. The summed E-state index contributed by atoms with van der Waals surface area (Å²) in [5.41, 5.74) is 1.30. The van der Waals surface area contributed by atoms with E-state index in [1.54, 1.807) is 12.1 Å². The Morgan fingerprint density at radius 3 is 2.88 bits per heavy atom. The highest BCUT2D eigenvalue weighted by molar-refractivity contribution is 5.97. The lowest BCUT2D eigenvalue weighted by Crippen LogP contribution is -2.43. The Labute approximate surface area is 101 Å². The summed E-state index contributed by atoms with van der Waals surface area (Å²) in [6.45, 7) is 5.72. The summed E-state index contributed by atoms with van der Waals surface area (Å²) in [5.74, 6) is -0.0715. The molecule has 1 aromatic rings. The Kier molecular flexibility index (Phi) is 3.33. The second-order valence-corrected chi connectivity index (χ2v) is 4.37. The number of rotatable bonds is 2. The number of phenolic OH excluding ortho intramolecular Hbond substituents is 1. The topological polar surface area (TPSA) is 49.8 Å². The van der Waals surface area contributed by atoms with Gasteiger partial charge < -0.3 is 14.7 Å². The van der Waals surface area contributed by atoms with Gasteiger partial charge in [-0.2, -0.15) is 0 Å². The van der Waals surface area contributed by atoms with E-state index in [1.165, 1.54) is 6.92 Å². The minimum Gasteiger partial charge on any atom is -0.507 e. The smallest absolute Gasteiger partial charge is 0.163 e. The van der Waals surface area contributed by atoms with E-state index in [4.69, 9.17) is 4.74 Å². The third kappa shape index (κ3) is 2.42. The summed E-state index contributed by atoms with van der Waals surface area (Å²) in [4.78, 5) is 13.4. The molecule has 1 saturated heterocycles. The number of nitrogens with zero attached hydrogens (tertiary/aromatic N) is 1. The van der Waals surface area contributed by atoms with Gasteiger partial charge in [0.2, 0.25) is 0 Å². The molecule has 2 rings (SSSR count). The van der Waals surface area contributed by atoms with Gasteiger partial charge in [0.15, 0.2) is 5.78 Å². The van der Waals surface area contributed by atoms with Gasteiger partial charge in [-0.1, -0.05) is 0 Å². The number of hydrogen-bond donors (Lipinski definition) is 1. The molecule has 92 valence electrons. The maximum Gasteiger partial charge on any atom is 0.163 e. The maximum absolute atomic E-state index is 11.2. The van der Waals surface area contributed by atoms with E-state index >= 15 is 0 Å². The molecule has 17 heavy (non-hydrogen) atoms. The average Bonchev–Trinajstić information content (AvgIpc) is 2.29. The van der Waals surface area contributed by atoms with Gasteiger partial charge in [-0.15, -0.1) is 0 Å². The van der Waals surface area contributed by atoms with Crippen molar-refractivity contribution in [3.05, 3.63) is 23.8 Å². The molecule has 1 fully saturated rings. The fourth-order valence-corrected chi connectivity index (χ4v) is 2.11. The summed E-state index contributed by atoms with van der Waals surface area (Å²) >= 11 is 0. The van der Waals surface area contributed by atoms with Crippen LogP contribution in [0.15, 0.2) is 18.2 Å². The molecule has 1 unspecified atom stereocenters. The number of anilines is 1. The van der Waals surface area contributed by atoms with Crippen molar-refractivity contribution in [3.8, 4) is 5.75 Å². The van der Waals surface area contributed by atoms with Crippen molar-refractivity contribution < 1.29 is 14.6 Å². The molecule has 4 heteroatoms. The third-order valence-electron chi connectivity index (χ3n) is 3.06. The predicted molar refractivity (Wildman–Crippen MR) is 65.7 cm³/mol. The summed E-state index contributed by atoms with van der Waals surface area (Å²) in [6.07, 6.45) is 0. The van der Waals surface area contributed by atoms with Gasteiger partial charge in [0.25, 0.3) is 0 Å². The van der Waals surface area contributed by atoms with Crippen LogP contribution in [0, 0.1) is 0 Å². The number of morpholine rings is 1. The molecule has 1 heterocycles. The minimum atomic E-state index is -0.121. The molecule has 1 aliphatic heterocycles. The highest BCUT2D eigenvalue weighted by Gasteiger charge is 2.20. The van der Waals surface area contributed by atoms with Crippen LogP contribution in [-0.4, -0.2) is 36.7 Å². The van der Waals surface area contributed by atoms with Gasteiger partial charge >= 0.3 is 0 Å². The van der Waals surface area contributed by atoms with Gasteiger partial charge in [-0.25, -0.2) is 0 Å². The minimum absolute atomic E-state index is 0.0497. The second kappa shape index (κ2) is 4.75. The molecule has 1 atom stereocenters. The number of benzene rings is 1. The van der Waals surface area contributed by atoms with Gasteiger partial charge in [0, 0.05) is 24.3 Å². The number of aromatic hydroxyl groups is 1. The van der Waals surface area contributed by atoms with Crippen LogP contribution in [0.25, 0.3) is 0 Å². The van der Waals surface area contributed by atoms with Gasteiger partial charge in [-0.05, 0) is 26.0 Å². The van der Waals surface area contributed by atoms with Gasteiger partial charge in [0.05, 0.1) is 18.8 Å². The molecule has 0 saturated carbocycles. The van der Waals surface area contributed by atoms with E-state index in [0.29, 0.717) is 18.8 Å². The maximum atomic E-state index is 11.2. The Hall–Kier alpha value is -1.55. The van der Waals surface area contributed by atoms with Crippen molar-refractivity contribution in [2.75, 3.05) is 24.7 Å². The molecule has 0 spiro atoms. The monoisotopic (exact) mass is 235 g/mol. The average molecular weight is 235 g/mol. The first-order valence-corrected chi connectivity index (χ1v) is 5.78. The number of phenols is 1. The van der Waals surface area contributed by atoms with E-state index in [0.717, 1.165) is 12.2 Å². The Morgan fingerprint density at radius 2 is 2.29 bits per heavy atom. The van der Waals surface area contributed by atoms with E-state index in [-0.39, 0.29) is 17.6 Å². The molecule has 1 N–H and O–H groups in total. The van der Waals surface area contributed by atoms with E-state index in [1.807, 2.05) is 6.07 Å². The highest BCUT2D eigenvalue weighted by Crippen LogP contribution is 2.27. The first-order chi connectivity index (χ1) is 8.09. The highest BCUT2D eigenvalue weighted by atomic mass is 16.5. The standard InChI is InChI=1S/C13H17NO3/c1-9-8-17-6-5-14(9)11-3-4-12(10(2)15)13(16)7-11/h3-4,7,9,16H,5-6,8H2,1-2H3. The van der Waals surface area contributed by atoms with Crippen LogP contribution in [0.2, 0.25) is 0 Å². The summed E-state index contributed by atoms with van der Waals surface area (Å²) in [7, 11) is 0. The van der Waals surface area contributed by atoms with E-state index in [9.17, 15) is 9.90 Å². The first kappa shape index (κ1) is 11.9. The van der Waals surface area contributed by atoms with E-state index < -0.39 is 0 Å². The quantitative estimate of drug-likeness (QED) is 0.794. The van der Waals surface area contributed by atoms with Crippen LogP contribution >= 0.6 is 0 Å². The Bertz CT molecular complexity index is 431. The van der Waals surface area contributed by atoms with Crippen LogP contribution in [0.5, 0.6) is 5.75 Å². The molecule has 0 aliphatic carbocycles. The fraction of sp³-hybridized carbons (Fsp3) is 0.462. The first-order valence-electron chi connectivity index (χ1n) is 5.78. The molecule has 0 amide bonds. The summed E-state index contributed by atoms with van der Waals surface area (Å²) in [5, 5.41) is 9.80. The zero-order valence-electron chi connectivity index (χ0n) is 10.1. The number of hydrogen-bond acceptors (Lipinski definition) is 4. The number of ether oxygens (including phenoxy) is 1. The van der Waals surface area contributed by atoms with Crippen molar-refractivity contribution in [1.29, 1.82) is 0 Å². The number of carbonyl (C=O) groups excluding carboxylic acids is 1. The molecular formula is C13H17NO3. The molecule has 0 bridgehead atoms. The van der Waals surface area contributed by atoms with Crippen LogP contribution in [-0.2, 0) is 4.74 Å². The zero-order chi connectivity index (χ0) is 12.4. The molecule has 1 aliphatic rings. The normalized spacial score (nSPS) is 20.4. The third-order valence-corrected chi connectivity index (χ3v) is 3.06. The van der Waals surface area contributed by atoms with Crippen LogP contribution < -0.4 is 4.90 Å². The predicted octanol–water partition coefficient (Wildman–Crippen LogP) is 1.82. The lowest BCUT2D eigenvalue weighted by molar-refractivity contribution is 0.0988. The molecule has 0 radical (unpaired) electrons. The van der Waals surface area contributed by atoms with Crippen LogP contribution in [0.4, 0.5) is 5.69 Å². The number of Topliss-reactive ketones (excluding diaryl/α,β-unsaturated/α-hetero) is 1. The summed E-state index contributed by atoms with van der Waals surface area (Å²) in [6, 6.07) is 5.48. The van der Waals surface area contributed by atoms with E-state index in [2.05, 4.69) is 11.8 Å². The van der Waals surface area contributed by atoms with Gasteiger partial charge in [0.1, 0.15) is 5.75 Å². The van der Waals surface area contributed by atoms with Crippen molar-refractivity contribution in [2.24, 2.45) is 0 Å². The molecular weight excluding hydrogens is 218 g/mol. The number of carbonyl (C=O) groups is 1. The van der Waals surface area contributed by atoms with Crippen molar-refractivity contribution >= 4 is 11.5 Å². The second-order valence-electron chi connectivity index (χ2n) is 4.37. The summed E-state index contributed by atoms with van der Waals surface area (Å²) < 4.78 is 5.37. The van der Waals surface area contributed by atoms with Crippen LogP contribution in [0.1, 0.15) is 24.2 Å². The Balaban J connectivity index is 2.27. The van der Waals surface area contributed by atoms with Crippen molar-refractivity contribution in [3.63, 3.8) is 0 Å². The van der Waals surface area contributed by atoms with Crippen molar-refractivity contribution in [2.45, 2.75) is 19.9 Å². The SMILES string of the molecule is CC(=O)c1ccc(N2CCOCC2C)cc1O. The number of ketones is 1. The van der Waals surface area contributed by atoms with Crippen LogP contribution in [0.3, 0.4) is 0 Å². The molecule has 0 aromatic heterocycles. The zero-order valence-corrected chi connectivity index (χ0v) is 10.1. The lowest BCUT2D eigenvalue weighted by Gasteiger charge is -2.35. The molecule has 4 nitrogen and oxygen atoms in total. The van der Waals surface area contributed by atoms with Crippen molar-refractivity contribution in [1.82, 2.24) is 0 Å². The van der Waals surface area contributed by atoms with Gasteiger partial charge in [-0.3, -0.25) is 4.79 Å². The largest absolute Gasteiger partial charge is 0.507 e.